The van der Waals surface area contributed by atoms with Crippen LogP contribution in [0.5, 0.6) is 0 Å². The van der Waals surface area contributed by atoms with E-state index >= 15 is 0 Å². The Morgan fingerprint density at radius 2 is 1.75 bits per heavy atom. The number of rotatable bonds is 9. The summed E-state index contributed by atoms with van der Waals surface area (Å²) in [5, 5.41) is 2.45. The molecule has 0 rings (SSSR count). The molecule has 1 nitrogen and oxygen atoms in total. The molecule has 5 heteroatoms. The van der Waals surface area contributed by atoms with Crippen LogP contribution in [-0.4, -0.2) is 24.9 Å². The molecule has 0 fully saturated rings. The maximum absolute atomic E-state index is 12.5. The Hall–Kier alpha value is -0.320. The summed E-state index contributed by atoms with van der Waals surface area (Å²) in [5.41, 5.74) is 0. The van der Waals surface area contributed by atoms with Crippen molar-refractivity contribution in [2.45, 2.75) is 64.3 Å². The fourth-order valence-corrected chi connectivity index (χ4v) is 1.37. The standard InChI is InChI=1S/C11H21F4N/c1-3-4-5-6-7-9(2)16-8-11(14,15)10(12)13/h9-10,16H,3-8H2,1-2H3. The molecule has 0 spiro atoms. The summed E-state index contributed by atoms with van der Waals surface area (Å²) < 4.78 is 48.7. The minimum atomic E-state index is -3.92. The molecule has 16 heavy (non-hydrogen) atoms. The first kappa shape index (κ1) is 15.7. The van der Waals surface area contributed by atoms with Gasteiger partial charge in [-0.25, -0.2) is 8.78 Å². The lowest BCUT2D eigenvalue weighted by Crippen LogP contribution is -2.42. The lowest BCUT2D eigenvalue weighted by atomic mass is 10.1. The Balaban J connectivity index is 3.60. The van der Waals surface area contributed by atoms with E-state index in [9.17, 15) is 17.6 Å². The van der Waals surface area contributed by atoms with Crippen molar-refractivity contribution in [1.29, 1.82) is 0 Å². The summed E-state index contributed by atoms with van der Waals surface area (Å²) in [4.78, 5) is 0. The van der Waals surface area contributed by atoms with Crippen molar-refractivity contribution in [2.24, 2.45) is 0 Å². The van der Waals surface area contributed by atoms with E-state index in [0.717, 1.165) is 32.1 Å². The van der Waals surface area contributed by atoms with Crippen molar-refractivity contribution in [3.8, 4) is 0 Å². The normalized spacial score (nSPS) is 14.4. The summed E-state index contributed by atoms with van der Waals surface area (Å²) in [6, 6.07) is -0.138. The van der Waals surface area contributed by atoms with E-state index in [-0.39, 0.29) is 6.04 Å². The van der Waals surface area contributed by atoms with E-state index in [0.29, 0.717) is 0 Å². The van der Waals surface area contributed by atoms with Crippen molar-refractivity contribution in [1.82, 2.24) is 5.32 Å². The summed E-state index contributed by atoms with van der Waals surface area (Å²) in [6.45, 7) is 2.89. The number of hydrogen-bond donors (Lipinski definition) is 1. The molecule has 1 N–H and O–H groups in total. The van der Waals surface area contributed by atoms with Crippen LogP contribution in [0, 0.1) is 0 Å². The van der Waals surface area contributed by atoms with Crippen molar-refractivity contribution in [2.75, 3.05) is 6.54 Å². The minimum absolute atomic E-state index is 0.138. The van der Waals surface area contributed by atoms with Crippen LogP contribution in [0.25, 0.3) is 0 Å². The summed E-state index contributed by atoms with van der Waals surface area (Å²) >= 11 is 0. The SMILES string of the molecule is CCCCCCC(C)NCC(F)(F)C(F)F. The number of halogens is 4. The van der Waals surface area contributed by atoms with E-state index in [1.54, 1.807) is 6.92 Å². The van der Waals surface area contributed by atoms with Crippen molar-refractivity contribution in [3.63, 3.8) is 0 Å². The third-order valence-corrected chi connectivity index (χ3v) is 2.50. The van der Waals surface area contributed by atoms with Crippen LogP contribution in [0.3, 0.4) is 0 Å². The molecule has 98 valence electrons. The highest BCUT2D eigenvalue weighted by Gasteiger charge is 2.40. The average Bonchev–Trinajstić information content (AvgIpc) is 2.21. The molecule has 0 aliphatic heterocycles. The summed E-state index contributed by atoms with van der Waals surface area (Å²) in [5.74, 6) is -3.92. The van der Waals surface area contributed by atoms with Gasteiger partial charge in [-0.3, -0.25) is 0 Å². The molecule has 0 radical (unpaired) electrons. The van der Waals surface area contributed by atoms with Gasteiger partial charge in [-0.1, -0.05) is 32.6 Å². The quantitative estimate of drug-likeness (QED) is 0.479. The third-order valence-electron chi connectivity index (χ3n) is 2.50. The van der Waals surface area contributed by atoms with Crippen LogP contribution in [0.15, 0.2) is 0 Å². The molecule has 0 aliphatic rings. The third kappa shape index (κ3) is 7.04. The van der Waals surface area contributed by atoms with Crippen LogP contribution < -0.4 is 5.32 Å². The fraction of sp³-hybridized carbons (Fsp3) is 1.00. The first-order valence-corrected chi connectivity index (χ1v) is 5.79. The lowest BCUT2D eigenvalue weighted by molar-refractivity contribution is -0.126. The van der Waals surface area contributed by atoms with Crippen molar-refractivity contribution >= 4 is 0 Å². The molecule has 1 unspecified atom stereocenters. The molecule has 0 aromatic carbocycles. The van der Waals surface area contributed by atoms with Crippen molar-refractivity contribution < 1.29 is 17.6 Å². The first-order chi connectivity index (χ1) is 7.40. The molecule has 0 saturated carbocycles. The van der Waals surface area contributed by atoms with E-state index < -0.39 is 18.9 Å². The number of nitrogens with one attached hydrogen (secondary N) is 1. The van der Waals surface area contributed by atoms with Gasteiger partial charge in [0.05, 0.1) is 6.54 Å². The van der Waals surface area contributed by atoms with Crippen molar-refractivity contribution in [3.05, 3.63) is 0 Å². The summed E-state index contributed by atoms with van der Waals surface area (Å²) in [6.07, 6.45) is 1.41. The van der Waals surface area contributed by atoms with Gasteiger partial charge in [-0.05, 0) is 13.3 Å². The van der Waals surface area contributed by atoms with Gasteiger partial charge in [0.15, 0.2) is 0 Å². The number of alkyl halides is 4. The van der Waals surface area contributed by atoms with Gasteiger partial charge >= 0.3 is 12.3 Å². The van der Waals surface area contributed by atoms with Crippen LogP contribution in [-0.2, 0) is 0 Å². The Morgan fingerprint density at radius 3 is 2.25 bits per heavy atom. The minimum Gasteiger partial charge on any atom is -0.308 e. The zero-order valence-corrected chi connectivity index (χ0v) is 9.91. The molecule has 0 heterocycles. The Kier molecular flexibility index (Phi) is 7.72. The van der Waals surface area contributed by atoms with Gasteiger partial charge in [0.25, 0.3) is 0 Å². The zero-order chi connectivity index (χ0) is 12.6. The monoisotopic (exact) mass is 243 g/mol. The van der Waals surface area contributed by atoms with E-state index in [1.807, 2.05) is 0 Å². The second-order valence-electron chi connectivity index (χ2n) is 4.19. The van der Waals surface area contributed by atoms with Crippen LogP contribution in [0.4, 0.5) is 17.6 Å². The smallest absolute Gasteiger partial charge is 0.308 e. The van der Waals surface area contributed by atoms with Gasteiger partial charge in [-0.15, -0.1) is 0 Å². The maximum Gasteiger partial charge on any atom is 0.319 e. The Morgan fingerprint density at radius 1 is 1.12 bits per heavy atom. The topological polar surface area (TPSA) is 12.0 Å². The van der Waals surface area contributed by atoms with Gasteiger partial charge in [0.1, 0.15) is 0 Å². The van der Waals surface area contributed by atoms with E-state index in [2.05, 4.69) is 12.2 Å². The fourth-order valence-electron chi connectivity index (χ4n) is 1.37. The van der Waals surface area contributed by atoms with Gasteiger partial charge in [0, 0.05) is 6.04 Å². The predicted molar refractivity (Wildman–Crippen MR) is 57.2 cm³/mol. The molecular weight excluding hydrogens is 222 g/mol. The second-order valence-corrected chi connectivity index (χ2v) is 4.19. The Labute approximate surface area is 94.6 Å². The Bertz CT molecular complexity index is 173. The highest BCUT2D eigenvalue weighted by molar-refractivity contribution is 4.74. The van der Waals surface area contributed by atoms with Gasteiger partial charge < -0.3 is 5.32 Å². The highest BCUT2D eigenvalue weighted by atomic mass is 19.3. The molecule has 0 saturated heterocycles. The van der Waals surface area contributed by atoms with E-state index in [4.69, 9.17) is 0 Å². The van der Waals surface area contributed by atoms with E-state index in [1.165, 1.54) is 0 Å². The molecule has 0 aromatic heterocycles. The molecule has 0 aliphatic carbocycles. The lowest BCUT2D eigenvalue weighted by Gasteiger charge is -2.19. The molecular formula is C11H21F4N. The van der Waals surface area contributed by atoms with Crippen LogP contribution in [0.2, 0.25) is 0 Å². The zero-order valence-electron chi connectivity index (χ0n) is 9.91. The molecule has 0 aromatic rings. The highest BCUT2D eigenvalue weighted by Crippen LogP contribution is 2.21. The molecule has 0 bridgehead atoms. The predicted octanol–water partition coefficient (Wildman–Crippen LogP) is 3.84. The molecule has 0 amide bonds. The number of unbranched alkanes of at least 4 members (excludes halogenated alkanes) is 3. The maximum atomic E-state index is 12.5. The average molecular weight is 243 g/mol. The van der Waals surface area contributed by atoms with Crippen LogP contribution in [0.1, 0.15) is 46.0 Å². The largest absolute Gasteiger partial charge is 0.319 e. The summed E-state index contributed by atoms with van der Waals surface area (Å²) in [7, 11) is 0. The van der Waals surface area contributed by atoms with Gasteiger partial charge in [-0.2, -0.15) is 8.78 Å². The second kappa shape index (κ2) is 7.87. The first-order valence-electron chi connectivity index (χ1n) is 5.79. The van der Waals surface area contributed by atoms with Crippen LogP contribution >= 0.6 is 0 Å². The van der Waals surface area contributed by atoms with Gasteiger partial charge in [0.2, 0.25) is 0 Å². The molecule has 1 atom stereocenters. The number of hydrogen-bond acceptors (Lipinski definition) is 1.